The monoisotopic (exact) mass is 357 g/mol. The molecule has 0 saturated carbocycles. The van der Waals surface area contributed by atoms with Crippen LogP contribution in [0.3, 0.4) is 0 Å². The summed E-state index contributed by atoms with van der Waals surface area (Å²) < 4.78 is 6.19. The summed E-state index contributed by atoms with van der Waals surface area (Å²) >= 11 is 0. The minimum atomic E-state index is 0.689. The van der Waals surface area contributed by atoms with Crippen LogP contribution < -0.4 is 16.0 Å². The first-order chi connectivity index (χ1) is 13.1. The van der Waals surface area contributed by atoms with Crippen LogP contribution in [0.4, 0.5) is 11.4 Å². The van der Waals surface area contributed by atoms with Crippen LogP contribution in [0.2, 0.25) is 0 Å². The molecule has 4 rings (SSSR count). The molecule has 2 N–H and O–H groups in total. The molecule has 1 aliphatic heterocycles. The zero-order chi connectivity index (χ0) is 19.0. The fraction of sp³-hybridized carbons (Fsp3) is 0.174. The fourth-order valence-electron chi connectivity index (χ4n) is 3.41. The van der Waals surface area contributed by atoms with Gasteiger partial charge in [0, 0.05) is 60.7 Å². The van der Waals surface area contributed by atoms with Crippen molar-refractivity contribution in [3.8, 4) is 22.5 Å². The van der Waals surface area contributed by atoms with Crippen LogP contribution in [0, 0.1) is 0 Å². The molecular formula is C23H23N3O. The lowest BCUT2D eigenvalue weighted by molar-refractivity contribution is 0.619. The molecule has 4 nitrogen and oxygen atoms in total. The minimum Gasteiger partial charge on any atom is -0.456 e. The van der Waals surface area contributed by atoms with Gasteiger partial charge in [-0.25, -0.2) is 0 Å². The normalized spacial score (nSPS) is 12.0. The van der Waals surface area contributed by atoms with Crippen LogP contribution in [-0.4, -0.2) is 20.6 Å². The highest BCUT2D eigenvalue weighted by Crippen LogP contribution is 2.40. The average Bonchev–Trinajstić information content (AvgIpc) is 2.66. The Labute approximate surface area is 158 Å². The summed E-state index contributed by atoms with van der Waals surface area (Å²) in [5.74, 6) is 0.814. The molecule has 1 aliphatic carbocycles. The van der Waals surface area contributed by atoms with Crippen LogP contribution in [0.25, 0.3) is 33.4 Å². The van der Waals surface area contributed by atoms with Crippen molar-refractivity contribution in [3.63, 3.8) is 0 Å². The van der Waals surface area contributed by atoms with Gasteiger partial charge in [-0.2, -0.15) is 0 Å². The highest BCUT2D eigenvalue weighted by Gasteiger charge is 2.17. The smallest absolute Gasteiger partial charge is 0.137 e. The van der Waals surface area contributed by atoms with Gasteiger partial charge in [-0.3, -0.25) is 4.99 Å². The van der Waals surface area contributed by atoms with Gasteiger partial charge in [0.1, 0.15) is 11.3 Å². The van der Waals surface area contributed by atoms with E-state index in [0.717, 1.165) is 45.3 Å². The first kappa shape index (κ1) is 17.2. The zero-order valence-electron chi connectivity index (χ0n) is 15.9. The van der Waals surface area contributed by atoms with Crippen molar-refractivity contribution in [3.05, 3.63) is 66.0 Å². The molecule has 0 bridgehead atoms. The standard InChI is InChI=1S/C23H23N3O/c1-4-25-17-8-12-20-22(14-17)27-21-13-16(24)7-11-19(21)23(20)15-5-9-18(10-6-15)26(2)3/h5-14H,4,24H2,1-3H3. The Hall–Kier alpha value is -3.27. The average molecular weight is 357 g/mol. The van der Waals surface area contributed by atoms with E-state index in [2.05, 4.69) is 40.2 Å². The summed E-state index contributed by atoms with van der Waals surface area (Å²) in [6, 6.07) is 20.6. The third kappa shape index (κ3) is 3.14. The molecule has 2 aromatic rings. The molecule has 4 heteroatoms. The molecule has 1 heterocycles. The number of nitrogens with two attached hydrogens (primary N) is 1. The second kappa shape index (κ2) is 6.80. The molecule has 0 amide bonds. The van der Waals surface area contributed by atoms with Crippen molar-refractivity contribution in [2.24, 2.45) is 4.99 Å². The summed E-state index contributed by atoms with van der Waals surface area (Å²) in [5.41, 5.74) is 12.0. The van der Waals surface area contributed by atoms with Gasteiger partial charge in [0.2, 0.25) is 0 Å². The molecule has 0 saturated heterocycles. The number of hydrogen-bond acceptors (Lipinski definition) is 4. The lowest BCUT2D eigenvalue weighted by Gasteiger charge is -2.17. The largest absolute Gasteiger partial charge is 0.456 e. The van der Waals surface area contributed by atoms with Crippen molar-refractivity contribution in [1.29, 1.82) is 0 Å². The molecule has 27 heavy (non-hydrogen) atoms. The van der Waals surface area contributed by atoms with E-state index in [1.54, 1.807) is 0 Å². The van der Waals surface area contributed by atoms with Gasteiger partial charge in [0.05, 0.1) is 5.36 Å². The minimum absolute atomic E-state index is 0.689. The van der Waals surface area contributed by atoms with E-state index < -0.39 is 0 Å². The van der Waals surface area contributed by atoms with Crippen molar-refractivity contribution in [2.75, 3.05) is 31.3 Å². The van der Waals surface area contributed by atoms with Gasteiger partial charge < -0.3 is 15.1 Å². The summed E-state index contributed by atoms with van der Waals surface area (Å²) in [6.45, 7) is 2.77. The van der Waals surface area contributed by atoms with E-state index >= 15 is 0 Å². The second-order valence-corrected chi connectivity index (χ2v) is 6.83. The van der Waals surface area contributed by atoms with Gasteiger partial charge in [0.25, 0.3) is 0 Å². The molecule has 0 radical (unpaired) electrons. The molecule has 0 aromatic heterocycles. The van der Waals surface area contributed by atoms with Crippen LogP contribution in [-0.2, 0) is 0 Å². The fourth-order valence-corrected chi connectivity index (χ4v) is 3.41. The number of nitrogen functional groups attached to an aromatic ring is 1. The molecule has 0 fully saturated rings. The molecule has 0 atom stereocenters. The maximum Gasteiger partial charge on any atom is 0.137 e. The van der Waals surface area contributed by atoms with Crippen molar-refractivity contribution in [1.82, 2.24) is 0 Å². The summed E-state index contributed by atoms with van der Waals surface area (Å²) in [4.78, 5) is 6.59. The molecular weight excluding hydrogens is 334 g/mol. The van der Waals surface area contributed by atoms with Crippen LogP contribution in [0.5, 0.6) is 0 Å². The first-order valence-corrected chi connectivity index (χ1v) is 9.11. The molecule has 2 aromatic carbocycles. The first-order valence-electron chi connectivity index (χ1n) is 9.11. The lowest BCUT2D eigenvalue weighted by atomic mass is 9.93. The topological polar surface area (TPSA) is 54.8 Å². The Morgan fingerprint density at radius 1 is 0.963 bits per heavy atom. The van der Waals surface area contributed by atoms with E-state index in [-0.39, 0.29) is 0 Å². The van der Waals surface area contributed by atoms with Gasteiger partial charge in [-0.15, -0.1) is 0 Å². The predicted octanol–water partition coefficient (Wildman–Crippen LogP) is 4.77. The van der Waals surface area contributed by atoms with Crippen molar-refractivity contribution >= 4 is 22.3 Å². The number of fused-ring (bicyclic) bond motifs is 2. The zero-order valence-corrected chi connectivity index (χ0v) is 15.9. The quantitative estimate of drug-likeness (QED) is 0.424. The van der Waals surface area contributed by atoms with E-state index in [1.807, 2.05) is 51.4 Å². The van der Waals surface area contributed by atoms with E-state index in [0.29, 0.717) is 5.69 Å². The Kier molecular flexibility index (Phi) is 4.32. The van der Waals surface area contributed by atoms with Gasteiger partial charge in [0.15, 0.2) is 0 Å². The third-order valence-electron chi connectivity index (χ3n) is 4.74. The number of anilines is 2. The Morgan fingerprint density at radius 3 is 2.44 bits per heavy atom. The summed E-state index contributed by atoms with van der Waals surface area (Å²) in [5, 5.41) is 1.97. The number of benzene rings is 3. The van der Waals surface area contributed by atoms with E-state index in [9.17, 15) is 0 Å². The number of rotatable bonds is 3. The Morgan fingerprint density at radius 2 is 1.74 bits per heavy atom. The van der Waals surface area contributed by atoms with Crippen molar-refractivity contribution < 1.29 is 4.42 Å². The maximum absolute atomic E-state index is 6.19. The lowest BCUT2D eigenvalue weighted by Crippen LogP contribution is -2.08. The Balaban J connectivity index is 2.05. The van der Waals surface area contributed by atoms with E-state index in [1.165, 1.54) is 5.69 Å². The number of nitrogens with zero attached hydrogens (tertiary/aromatic N) is 2. The number of hydrogen-bond donors (Lipinski definition) is 1. The highest BCUT2D eigenvalue weighted by molar-refractivity contribution is 6.02. The molecule has 0 spiro atoms. The van der Waals surface area contributed by atoms with Gasteiger partial charge >= 0.3 is 0 Å². The van der Waals surface area contributed by atoms with E-state index in [4.69, 9.17) is 10.2 Å². The van der Waals surface area contributed by atoms with Gasteiger partial charge in [-0.05, 0) is 48.9 Å². The van der Waals surface area contributed by atoms with Crippen LogP contribution in [0.15, 0.2) is 70.1 Å². The highest BCUT2D eigenvalue weighted by atomic mass is 16.3. The van der Waals surface area contributed by atoms with Crippen LogP contribution in [0.1, 0.15) is 6.92 Å². The predicted molar refractivity (Wildman–Crippen MR) is 113 cm³/mol. The molecule has 2 aliphatic rings. The van der Waals surface area contributed by atoms with Crippen LogP contribution >= 0.6 is 0 Å². The Bertz CT molecular complexity index is 1140. The SMILES string of the molecule is CCN=c1ccc2c(-c3ccc(N(C)C)cc3)c3ccc(N)cc3oc-2c1. The third-order valence-corrected chi connectivity index (χ3v) is 4.74. The summed E-state index contributed by atoms with van der Waals surface area (Å²) in [6.07, 6.45) is 0. The van der Waals surface area contributed by atoms with Crippen molar-refractivity contribution in [2.45, 2.75) is 6.92 Å². The second-order valence-electron chi connectivity index (χ2n) is 6.83. The maximum atomic E-state index is 6.19. The molecule has 136 valence electrons. The molecule has 0 unspecified atom stereocenters. The van der Waals surface area contributed by atoms with Gasteiger partial charge in [-0.1, -0.05) is 12.1 Å². The summed E-state index contributed by atoms with van der Waals surface area (Å²) in [7, 11) is 4.09.